The minimum Gasteiger partial charge on any atom is -0.477 e. The number of para-hydroxylation sites is 2. The zero-order valence-corrected chi connectivity index (χ0v) is 11.3. The molecule has 0 aliphatic carbocycles. The first-order valence-corrected chi connectivity index (χ1v) is 7.06. The van der Waals surface area contributed by atoms with Crippen molar-refractivity contribution < 1.29 is 9.53 Å². The summed E-state index contributed by atoms with van der Waals surface area (Å²) in [6, 6.07) is 7.76. The number of fused-ring (bicyclic) bond motifs is 1. The Kier molecular flexibility index (Phi) is 3.32. The van der Waals surface area contributed by atoms with Crippen LogP contribution < -0.4 is 10.1 Å². The quantitative estimate of drug-likeness (QED) is 0.885. The van der Waals surface area contributed by atoms with Gasteiger partial charge in [-0.1, -0.05) is 25.5 Å². The lowest BCUT2D eigenvalue weighted by molar-refractivity contribution is -0.137. The van der Waals surface area contributed by atoms with Gasteiger partial charge in [-0.2, -0.15) is 0 Å². The number of nitrogens with zero attached hydrogens (tertiary/aromatic N) is 1. The maximum atomic E-state index is 12.4. The van der Waals surface area contributed by atoms with E-state index < -0.39 is 0 Å². The molecule has 4 heteroatoms. The Balaban J connectivity index is 1.66. The molecular weight excluding hydrogens is 240 g/mol. The molecule has 2 atom stereocenters. The van der Waals surface area contributed by atoms with Gasteiger partial charge in [0, 0.05) is 13.1 Å². The van der Waals surface area contributed by atoms with Crippen molar-refractivity contribution in [2.24, 2.45) is 5.92 Å². The van der Waals surface area contributed by atoms with Gasteiger partial charge in [0.1, 0.15) is 5.75 Å². The van der Waals surface area contributed by atoms with Crippen LogP contribution in [0.25, 0.3) is 0 Å². The largest absolute Gasteiger partial charge is 0.477 e. The molecule has 0 bridgehead atoms. The van der Waals surface area contributed by atoms with Gasteiger partial charge in [0.15, 0.2) is 6.10 Å². The van der Waals surface area contributed by atoms with Gasteiger partial charge in [-0.05, 0) is 24.5 Å². The van der Waals surface area contributed by atoms with Crippen LogP contribution in [0.5, 0.6) is 5.75 Å². The first-order chi connectivity index (χ1) is 9.28. The van der Waals surface area contributed by atoms with Crippen molar-refractivity contribution in [3.05, 3.63) is 24.3 Å². The minimum absolute atomic E-state index is 0.123. The van der Waals surface area contributed by atoms with Crippen LogP contribution in [0.2, 0.25) is 0 Å². The number of carbonyl (C=O) groups is 1. The van der Waals surface area contributed by atoms with Crippen molar-refractivity contribution in [1.82, 2.24) is 4.90 Å². The van der Waals surface area contributed by atoms with Gasteiger partial charge in [0.2, 0.25) is 0 Å². The zero-order valence-electron chi connectivity index (χ0n) is 11.3. The number of hydrogen-bond acceptors (Lipinski definition) is 3. The Labute approximate surface area is 113 Å². The van der Waals surface area contributed by atoms with Crippen LogP contribution in [-0.2, 0) is 4.79 Å². The fraction of sp³-hybridized carbons (Fsp3) is 0.533. The van der Waals surface area contributed by atoms with E-state index in [9.17, 15) is 4.79 Å². The van der Waals surface area contributed by atoms with Crippen molar-refractivity contribution in [2.45, 2.75) is 25.9 Å². The lowest BCUT2D eigenvalue weighted by Crippen LogP contribution is -2.46. The molecule has 0 saturated carbocycles. The van der Waals surface area contributed by atoms with Gasteiger partial charge in [0.25, 0.3) is 5.91 Å². The van der Waals surface area contributed by atoms with Crippen molar-refractivity contribution in [3.63, 3.8) is 0 Å². The summed E-state index contributed by atoms with van der Waals surface area (Å²) in [6.45, 7) is 4.51. The van der Waals surface area contributed by atoms with Crippen LogP contribution in [0.1, 0.15) is 19.8 Å². The summed E-state index contributed by atoms with van der Waals surface area (Å²) in [7, 11) is 0. The lowest BCUT2D eigenvalue weighted by atomic mass is 10.1. The first-order valence-electron chi connectivity index (χ1n) is 7.06. The second-order valence-electron chi connectivity index (χ2n) is 5.33. The molecule has 2 aliphatic heterocycles. The Morgan fingerprint density at radius 1 is 1.47 bits per heavy atom. The Morgan fingerprint density at radius 2 is 2.32 bits per heavy atom. The Bertz CT molecular complexity index is 475. The van der Waals surface area contributed by atoms with E-state index in [1.54, 1.807) is 0 Å². The van der Waals surface area contributed by atoms with E-state index in [0.29, 0.717) is 12.5 Å². The Hall–Kier alpha value is -1.71. The van der Waals surface area contributed by atoms with Crippen molar-refractivity contribution in [2.75, 3.05) is 25.0 Å². The molecule has 0 spiro atoms. The van der Waals surface area contributed by atoms with Gasteiger partial charge in [0.05, 0.1) is 12.2 Å². The van der Waals surface area contributed by atoms with E-state index in [4.69, 9.17) is 4.74 Å². The SMILES string of the molecule is CCC1CCN(C(=O)C2CNc3ccccc3O2)C1. The van der Waals surface area contributed by atoms with Gasteiger partial charge in [-0.15, -0.1) is 0 Å². The monoisotopic (exact) mass is 260 g/mol. The summed E-state index contributed by atoms with van der Waals surface area (Å²) in [5.74, 6) is 1.56. The third kappa shape index (κ3) is 2.39. The average Bonchev–Trinajstić information content (AvgIpc) is 2.95. The zero-order chi connectivity index (χ0) is 13.2. The van der Waals surface area contributed by atoms with Crippen LogP contribution in [0.15, 0.2) is 24.3 Å². The number of benzene rings is 1. The number of nitrogens with one attached hydrogen (secondary N) is 1. The Morgan fingerprint density at radius 3 is 3.11 bits per heavy atom. The van der Waals surface area contributed by atoms with Gasteiger partial charge < -0.3 is 15.0 Å². The predicted molar refractivity (Wildman–Crippen MR) is 74.3 cm³/mol. The van der Waals surface area contributed by atoms with Gasteiger partial charge in [-0.3, -0.25) is 4.79 Å². The smallest absolute Gasteiger partial charge is 0.265 e. The molecule has 2 heterocycles. The molecule has 1 aromatic rings. The van der Waals surface area contributed by atoms with E-state index in [0.717, 1.165) is 37.4 Å². The topological polar surface area (TPSA) is 41.6 Å². The molecule has 4 nitrogen and oxygen atoms in total. The maximum Gasteiger partial charge on any atom is 0.265 e. The summed E-state index contributed by atoms with van der Waals surface area (Å²) in [5, 5.41) is 3.27. The van der Waals surface area contributed by atoms with Gasteiger partial charge >= 0.3 is 0 Å². The second-order valence-corrected chi connectivity index (χ2v) is 5.33. The molecule has 2 unspecified atom stereocenters. The van der Waals surface area contributed by atoms with Crippen molar-refractivity contribution >= 4 is 11.6 Å². The third-order valence-corrected chi connectivity index (χ3v) is 4.08. The summed E-state index contributed by atoms with van der Waals surface area (Å²) >= 11 is 0. The molecule has 0 aromatic heterocycles. The number of rotatable bonds is 2. The molecule has 102 valence electrons. The number of likely N-dealkylation sites (tertiary alicyclic amines) is 1. The fourth-order valence-electron chi connectivity index (χ4n) is 2.82. The van der Waals surface area contributed by atoms with Crippen molar-refractivity contribution in [3.8, 4) is 5.75 Å². The molecule has 1 amide bonds. The minimum atomic E-state index is -0.384. The normalized spacial score (nSPS) is 25.4. The summed E-state index contributed by atoms with van der Waals surface area (Å²) in [5.41, 5.74) is 0.972. The average molecular weight is 260 g/mol. The number of ether oxygens (including phenoxy) is 1. The molecule has 1 aromatic carbocycles. The number of carbonyl (C=O) groups excluding carboxylic acids is 1. The van der Waals surface area contributed by atoms with Crippen LogP contribution >= 0.6 is 0 Å². The highest BCUT2D eigenvalue weighted by molar-refractivity contribution is 5.83. The van der Waals surface area contributed by atoms with Crippen LogP contribution in [-0.4, -0.2) is 36.5 Å². The third-order valence-electron chi connectivity index (χ3n) is 4.08. The van der Waals surface area contributed by atoms with Gasteiger partial charge in [-0.25, -0.2) is 0 Å². The first kappa shape index (κ1) is 12.3. The molecule has 3 rings (SSSR count). The molecule has 19 heavy (non-hydrogen) atoms. The summed E-state index contributed by atoms with van der Waals surface area (Å²) < 4.78 is 5.82. The molecule has 1 fully saturated rings. The van der Waals surface area contributed by atoms with E-state index in [1.807, 2.05) is 29.2 Å². The molecular formula is C15H20N2O2. The maximum absolute atomic E-state index is 12.4. The molecule has 1 saturated heterocycles. The van der Waals surface area contributed by atoms with Crippen LogP contribution in [0, 0.1) is 5.92 Å². The standard InChI is InChI=1S/C15H20N2O2/c1-2-11-7-8-17(10-11)15(18)14-9-16-12-5-3-4-6-13(12)19-14/h3-6,11,14,16H,2,7-10H2,1H3. The predicted octanol–water partition coefficient (Wildman–Crippen LogP) is 2.12. The number of hydrogen-bond donors (Lipinski definition) is 1. The van der Waals surface area contributed by atoms with E-state index in [1.165, 1.54) is 0 Å². The number of amides is 1. The highest BCUT2D eigenvalue weighted by atomic mass is 16.5. The molecule has 0 radical (unpaired) electrons. The van der Waals surface area contributed by atoms with E-state index in [-0.39, 0.29) is 12.0 Å². The molecule has 1 N–H and O–H groups in total. The van der Waals surface area contributed by atoms with Crippen LogP contribution in [0.3, 0.4) is 0 Å². The van der Waals surface area contributed by atoms with E-state index in [2.05, 4.69) is 12.2 Å². The summed E-state index contributed by atoms with van der Waals surface area (Å²) in [4.78, 5) is 14.4. The lowest BCUT2D eigenvalue weighted by Gasteiger charge is -2.29. The molecule has 2 aliphatic rings. The second kappa shape index (κ2) is 5.11. The summed E-state index contributed by atoms with van der Waals surface area (Å²) in [6.07, 6.45) is 1.89. The fourth-order valence-corrected chi connectivity index (χ4v) is 2.82. The highest BCUT2D eigenvalue weighted by Crippen LogP contribution is 2.29. The van der Waals surface area contributed by atoms with E-state index >= 15 is 0 Å². The highest BCUT2D eigenvalue weighted by Gasteiger charge is 2.33. The number of anilines is 1. The van der Waals surface area contributed by atoms with Crippen molar-refractivity contribution in [1.29, 1.82) is 0 Å². The van der Waals surface area contributed by atoms with Crippen LogP contribution in [0.4, 0.5) is 5.69 Å².